The molecule has 4 rings (SSSR count). The number of amides is 1. The first kappa shape index (κ1) is 21.4. The smallest absolute Gasteiger partial charge is 0.339 e. The lowest BCUT2D eigenvalue weighted by molar-refractivity contribution is 0.0739. The lowest BCUT2D eigenvalue weighted by Gasteiger charge is -2.23. The minimum atomic E-state index is -4.03. The van der Waals surface area contributed by atoms with E-state index in [0.29, 0.717) is 28.7 Å². The Bertz CT molecular complexity index is 1140. The van der Waals surface area contributed by atoms with Crippen LogP contribution in [0.3, 0.4) is 0 Å². The van der Waals surface area contributed by atoms with Gasteiger partial charge in [-0.15, -0.1) is 11.3 Å². The zero-order chi connectivity index (χ0) is 21.8. The number of carbonyl (C=O) groups excluding carboxylic acids is 1. The third-order valence-electron chi connectivity index (χ3n) is 5.08. The number of hydrogen-bond acceptors (Lipinski definition) is 6. The molecule has 1 saturated carbocycles. The average molecular weight is 458 g/mol. The predicted molar refractivity (Wildman–Crippen MR) is 119 cm³/mol. The summed E-state index contributed by atoms with van der Waals surface area (Å²) in [7, 11) is -2.51. The highest BCUT2D eigenvalue weighted by molar-refractivity contribution is 7.87. The molecule has 1 aliphatic rings. The maximum absolute atomic E-state index is 13.0. The van der Waals surface area contributed by atoms with Crippen LogP contribution in [0, 0.1) is 5.92 Å². The van der Waals surface area contributed by atoms with Crippen molar-refractivity contribution in [2.75, 3.05) is 13.7 Å². The number of carbonyl (C=O) groups is 1. The van der Waals surface area contributed by atoms with Gasteiger partial charge in [-0.05, 0) is 60.5 Å². The van der Waals surface area contributed by atoms with Gasteiger partial charge in [-0.25, -0.2) is 0 Å². The van der Waals surface area contributed by atoms with E-state index in [4.69, 9.17) is 8.92 Å². The molecule has 1 aromatic heterocycles. The van der Waals surface area contributed by atoms with Gasteiger partial charge in [0.1, 0.15) is 16.4 Å². The summed E-state index contributed by atoms with van der Waals surface area (Å²) in [4.78, 5) is 15.5. The first-order valence-corrected chi connectivity index (χ1v) is 12.2. The van der Waals surface area contributed by atoms with Crippen molar-refractivity contribution in [3.05, 3.63) is 76.5 Å². The fourth-order valence-corrected chi connectivity index (χ4v) is 4.87. The highest BCUT2D eigenvalue weighted by Crippen LogP contribution is 2.32. The second-order valence-electron chi connectivity index (χ2n) is 7.43. The van der Waals surface area contributed by atoms with Crippen LogP contribution < -0.4 is 8.92 Å². The molecule has 6 nitrogen and oxygen atoms in total. The van der Waals surface area contributed by atoms with E-state index in [1.165, 1.54) is 30.6 Å². The Morgan fingerprint density at radius 1 is 1.06 bits per heavy atom. The summed E-state index contributed by atoms with van der Waals surface area (Å²) in [5, 5.41) is 1.88. The van der Waals surface area contributed by atoms with E-state index in [9.17, 15) is 13.2 Å². The van der Waals surface area contributed by atoms with Gasteiger partial charge in [0.05, 0.1) is 12.0 Å². The molecule has 8 heteroatoms. The van der Waals surface area contributed by atoms with Crippen molar-refractivity contribution in [1.29, 1.82) is 0 Å². The van der Waals surface area contributed by atoms with Crippen molar-refractivity contribution in [3.63, 3.8) is 0 Å². The molecule has 0 radical (unpaired) electrons. The molecule has 0 aliphatic heterocycles. The topological polar surface area (TPSA) is 72.9 Å². The van der Waals surface area contributed by atoms with E-state index < -0.39 is 10.1 Å². The minimum absolute atomic E-state index is 0.0348. The zero-order valence-electron chi connectivity index (χ0n) is 17.1. The average Bonchev–Trinajstić information content (AvgIpc) is 3.42. The third-order valence-corrected chi connectivity index (χ3v) is 7.18. The molecule has 1 aliphatic carbocycles. The van der Waals surface area contributed by atoms with Crippen molar-refractivity contribution in [1.82, 2.24) is 4.90 Å². The van der Waals surface area contributed by atoms with Gasteiger partial charge in [-0.2, -0.15) is 8.42 Å². The number of para-hydroxylation sites is 1. The Kier molecular flexibility index (Phi) is 6.29. The summed E-state index contributed by atoms with van der Waals surface area (Å²) in [6, 6.07) is 16.6. The van der Waals surface area contributed by atoms with Crippen LogP contribution >= 0.6 is 11.3 Å². The van der Waals surface area contributed by atoms with Gasteiger partial charge in [0.15, 0.2) is 0 Å². The Morgan fingerprint density at radius 2 is 1.81 bits per heavy atom. The minimum Gasteiger partial charge on any atom is -0.497 e. The summed E-state index contributed by atoms with van der Waals surface area (Å²) < 4.78 is 36.2. The maximum atomic E-state index is 13.0. The van der Waals surface area contributed by atoms with Crippen molar-refractivity contribution in [2.45, 2.75) is 24.3 Å². The van der Waals surface area contributed by atoms with Crippen molar-refractivity contribution >= 4 is 27.4 Å². The number of nitrogens with zero attached hydrogens (tertiary/aromatic N) is 1. The third kappa shape index (κ3) is 5.26. The number of methoxy groups -OCH3 is 1. The normalized spacial score (nSPS) is 13.6. The van der Waals surface area contributed by atoms with Gasteiger partial charge >= 0.3 is 10.1 Å². The molecule has 0 saturated heterocycles. The number of benzene rings is 2. The van der Waals surface area contributed by atoms with Crippen LogP contribution in [0.5, 0.6) is 11.5 Å². The molecule has 0 N–H and O–H groups in total. The number of hydrogen-bond donors (Lipinski definition) is 0. The molecule has 3 aromatic rings. The summed E-state index contributed by atoms with van der Waals surface area (Å²) in [6.07, 6.45) is 2.22. The second-order valence-corrected chi connectivity index (χ2v) is 9.92. The van der Waals surface area contributed by atoms with Crippen molar-refractivity contribution < 1.29 is 22.1 Å². The summed E-state index contributed by atoms with van der Waals surface area (Å²) in [5.74, 6) is 1.23. The number of ether oxygens (including phenoxy) is 1. The fraction of sp³-hybridized carbons (Fsp3) is 0.261. The molecule has 162 valence electrons. The van der Waals surface area contributed by atoms with E-state index >= 15 is 0 Å². The van der Waals surface area contributed by atoms with E-state index in [0.717, 1.165) is 12.8 Å². The first-order valence-electron chi connectivity index (χ1n) is 9.95. The van der Waals surface area contributed by atoms with E-state index in [2.05, 4.69) is 0 Å². The molecular weight excluding hydrogens is 434 g/mol. The highest BCUT2D eigenvalue weighted by Gasteiger charge is 2.29. The van der Waals surface area contributed by atoms with Crippen LogP contribution in [0.4, 0.5) is 0 Å². The van der Waals surface area contributed by atoms with Crippen LogP contribution in [-0.2, 0) is 16.7 Å². The van der Waals surface area contributed by atoms with Crippen LogP contribution in [0.25, 0.3) is 0 Å². The monoisotopic (exact) mass is 457 g/mol. The molecule has 1 amide bonds. The zero-order valence-corrected chi connectivity index (χ0v) is 18.7. The molecule has 1 fully saturated rings. The predicted octanol–water partition coefficient (Wildman–Crippen LogP) is 4.58. The molecule has 2 aromatic carbocycles. The number of rotatable bonds is 9. The van der Waals surface area contributed by atoms with E-state index in [1.54, 1.807) is 35.2 Å². The highest BCUT2D eigenvalue weighted by atomic mass is 32.2. The lowest BCUT2D eigenvalue weighted by Crippen LogP contribution is -2.32. The van der Waals surface area contributed by atoms with Crippen molar-refractivity contribution in [3.8, 4) is 11.5 Å². The van der Waals surface area contributed by atoms with Crippen LogP contribution in [0.1, 0.15) is 28.1 Å². The maximum Gasteiger partial charge on any atom is 0.339 e. The van der Waals surface area contributed by atoms with Crippen LogP contribution in [0.2, 0.25) is 0 Å². The van der Waals surface area contributed by atoms with E-state index in [1.807, 2.05) is 23.6 Å². The van der Waals surface area contributed by atoms with Crippen LogP contribution in [-0.4, -0.2) is 32.9 Å². The van der Waals surface area contributed by atoms with Crippen molar-refractivity contribution in [2.24, 2.45) is 5.92 Å². The standard InChI is InChI=1S/C23H23NO5S2/c1-28-19-10-12-20(13-11-19)31(26,27)29-21-6-3-2-5-18(21)16-24(15-17-8-9-17)23(25)22-7-4-14-30-22/h2-7,10-14,17H,8-9,15-16H2,1H3. The molecule has 0 atom stereocenters. The Balaban J connectivity index is 1.57. The SMILES string of the molecule is COc1ccc(S(=O)(=O)Oc2ccccc2CN(CC2CC2)C(=O)c2cccs2)cc1. The quantitative estimate of drug-likeness (QED) is 0.440. The summed E-state index contributed by atoms with van der Waals surface area (Å²) in [6.45, 7) is 0.928. The van der Waals surface area contributed by atoms with E-state index in [-0.39, 0.29) is 23.1 Å². The van der Waals surface area contributed by atoms with Gasteiger partial charge in [-0.3, -0.25) is 4.79 Å². The second kappa shape index (κ2) is 9.11. The molecular formula is C23H23NO5S2. The van der Waals surface area contributed by atoms with Gasteiger partial charge in [-0.1, -0.05) is 24.3 Å². The Hall–Kier alpha value is -2.84. The van der Waals surface area contributed by atoms with Gasteiger partial charge < -0.3 is 13.8 Å². The molecule has 0 spiro atoms. The molecule has 31 heavy (non-hydrogen) atoms. The fourth-order valence-electron chi connectivity index (χ4n) is 3.22. The summed E-state index contributed by atoms with van der Waals surface area (Å²) >= 11 is 1.40. The Labute approximate surface area is 186 Å². The molecule has 0 bridgehead atoms. The van der Waals surface area contributed by atoms with Gasteiger partial charge in [0.2, 0.25) is 0 Å². The lowest BCUT2D eigenvalue weighted by atomic mass is 10.1. The molecule has 0 unspecified atom stereocenters. The first-order chi connectivity index (χ1) is 15.0. The largest absolute Gasteiger partial charge is 0.497 e. The van der Waals surface area contributed by atoms with Gasteiger partial charge in [0, 0.05) is 18.7 Å². The Morgan fingerprint density at radius 3 is 2.45 bits per heavy atom. The van der Waals surface area contributed by atoms with Crippen LogP contribution in [0.15, 0.2) is 70.9 Å². The van der Waals surface area contributed by atoms with Gasteiger partial charge in [0.25, 0.3) is 5.91 Å². The molecule has 1 heterocycles. The number of thiophene rings is 1. The summed E-state index contributed by atoms with van der Waals surface area (Å²) in [5.41, 5.74) is 0.644.